The molecule has 1 fully saturated rings. The number of nitrogens with one attached hydrogen (secondary N) is 2. The molecule has 1 aromatic rings. The maximum absolute atomic E-state index is 11.6. The van der Waals surface area contributed by atoms with Gasteiger partial charge in [-0.25, -0.2) is 8.42 Å². The van der Waals surface area contributed by atoms with Crippen LogP contribution in [0.3, 0.4) is 0 Å². The molecule has 0 saturated carbocycles. The van der Waals surface area contributed by atoms with Gasteiger partial charge in [-0.2, -0.15) is 5.10 Å². The van der Waals surface area contributed by atoms with E-state index in [1.165, 1.54) is 0 Å². The molecule has 2 N–H and O–H groups in total. The van der Waals surface area contributed by atoms with Gasteiger partial charge in [0.1, 0.15) is 0 Å². The predicted octanol–water partition coefficient (Wildman–Crippen LogP) is 0.385. The third kappa shape index (κ3) is 2.44. The van der Waals surface area contributed by atoms with E-state index in [2.05, 4.69) is 15.5 Å². The Hall–Kier alpha value is -0.880. The van der Waals surface area contributed by atoms with Crippen molar-refractivity contribution in [3.8, 4) is 0 Å². The molecule has 1 atom stereocenters. The fourth-order valence-electron chi connectivity index (χ4n) is 2.01. The Bertz CT molecular complexity index is 452. The molecule has 0 aliphatic carbocycles. The van der Waals surface area contributed by atoms with E-state index in [0.29, 0.717) is 18.8 Å². The van der Waals surface area contributed by atoms with E-state index in [9.17, 15) is 8.42 Å². The van der Waals surface area contributed by atoms with Crippen molar-refractivity contribution >= 4 is 9.84 Å². The van der Waals surface area contributed by atoms with Crippen molar-refractivity contribution in [1.29, 1.82) is 0 Å². The van der Waals surface area contributed by atoms with Gasteiger partial charge in [0, 0.05) is 24.3 Å². The maximum atomic E-state index is 11.6. The highest BCUT2D eigenvalue weighted by atomic mass is 32.2. The summed E-state index contributed by atoms with van der Waals surface area (Å²) in [4.78, 5) is 0. The number of aromatic amines is 1. The van der Waals surface area contributed by atoms with Crippen LogP contribution in [0.15, 0.2) is 6.20 Å². The first-order valence-corrected chi connectivity index (χ1v) is 7.22. The topological polar surface area (TPSA) is 74.8 Å². The van der Waals surface area contributed by atoms with Gasteiger partial charge in [-0.15, -0.1) is 0 Å². The minimum Gasteiger partial charge on any atom is -0.311 e. The normalized spacial score (nSPS) is 23.7. The second kappa shape index (κ2) is 4.55. The van der Waals surface area contributed by atoms with Crippen LogP contribution in [0, 0.1) is 6.92 Å². The fraction of sp³-hybridized carbons (Fsp3) is 0.700. The van der Waals surface area contributed by atoms with Crippen molar-refractivity contribution in [1.82, 2.24) is 15.5 Å². The van der Waals surface area contributed by atoms with Gasteiger partial charge in [0.15, 0.2) is 9.84 Å². The van der Waals surface area contributed by atoms with Crippen molar-refractivity contribution in [3.63, 3.8) is 0 Å². The van der Waals surface area contributed by atoms with Crippen molar-refractivity contribution in [2.75, 3.05) is 12.3 Å². The smallest absolute Gasteiger partial charge is 0.154 e. The van der Waals surface area contributed by atoms with Crippen LogP contribution >= 0.6 is 0 Å². The third-order valence-electron chi connectivity index (χ3n) is 3.08. The van der Waals surface area contributed by atoms with Gasteiger partial charge in [-0.3, -0.25) is 5.10 Å². The van der Waals surface area contributed by atoms with Gasteiger partial charge in [0.2, 0.25) is 0 Å². The zero-order valence-corrected chi connectivity index (χ0v) is 10.2. The lowest BCUT2D eigenvalue weighted by Crippen LogP contribution is -2.30. The molecule has 1 saturated heterocycles. The van der Waals surface area contributed by atoms with E-state index in [4.69, 9.17) is 0 Å². The molecule has 16 heavy (non-hydrogen) atoms. The van der Waals surface area contributed by atoms with Crippen LogP contribution in [0.5, 0.6) is 0 Å². The second-order valence-corrected chi connectivity index (χ2v) is 6.68. The number of hydrogen-bond acceptors (Lipinski definition) is 4. The number of H-pyrrole nitrogens is 1. The summed E-state index contributed by atoms with van der Waals surface area (Å²) < 4.78 is 23.1. The minimum atomic E-state index is -2.82. The van der Waals surface area contributed by atoms with Crippen LogP contribution in [0.1, 0.15) is 24.1 Å². The van der Waals surface area contributed by atoms with Crippen LogP contribution in [-0.4, -0.2) is 36.2 Å². The number of aryl methyl sites for hydroxylation is 1. The van der Waals surface area contributed by atoms with E-state index >= 15 is 0 Å². The molecule has 1 aliphatic rings. The SMILES string of the molecule is Cc1[nH]ncc1CNCC1CCCS1(=O)=O. The lowest BCUT2D eigenvalue weighted by Gasteiger charge is -2.10. The standard InChI is InChI=1S/C10H17N3O2S/c1-8-9(6-12-13-8)5-11-7-10-3-2-4-16(10,14)15/h6,10-11H,2-5,7H2,1H3,(H,12,13). The summed E-state index contributed by atoms with van der Waals surface area (Å²) in [6, 6.07) is 0. The molecule has 1 unspecified atom stereocenters. The molecule has 2 heterocycles. The lowest BCUT2D eigenvalue weighted by atomic mass is 10.2. The summed E-state index contributed by atoms with van der Waals surface area (Å²) in [5, 5.41) is 9.76. The first-order valence-electron chi connectivity index (χ1n) is 5.51. The molecule has 0 aromatic carbocycles. The largest absolute Gasteiger partial charge is 0.311 e. The Morgan fingerprint density at radius 1 is 1.62 bits per heavy atom. The van der Waals surface area contributed by atoms with Gasteiger partial charge < -0.3 is 5.32 Å². The Morgan fingerprint density at radius 3 is 3.00 bits per heavy atom. The summed E-state index contributed by atoms with van der Waals surface area (Å²) >= 11 is 0. The maximum Gasteiger partial charge on any atom is 0.154 e. The van der Waals surface area contributed by atoms with Crippen molar-refractivity contribution in [2.45, 2.75) is 31.6 Å². The Balaban J connectivity index is 1.83. The Morgan fingerprint density at radius 2 is 2.44 bits per heavy atom. The summed E-state index contributed by atoms with van der Waals surface area (Å²) in [6.45, 7) is 3.18. The highest BCUT2D eigenvalue weighted by molar-refractivity contribution is 7.92. The molecule has 1 aliphatic heterocycles. The molecular formula is C10H17N3O2S. The highest BCUT2D eigenvalue weighted by Gasteiger charge is 2.30. The Kier molecular flexibility index (Phi) is 3.30. The summed E-state index contributed by atoms with van der Waals surface area (Å²) in [5.74, 6) is 0.351. The first kappa shape index (κ1) is 11.6. The van der Waals surface area contributed by atoms with Gasteiger partial charge >= 0.3 is 0 Å². The zero-order chi connectivity index (χ0) is 11.6. The molecule has 0 spiro atoms. The number of rotatable bonds is 4. The van der Waals surface area contributed by atoms with Crippen LogP contribution in [0.2, 0.25) is 0 Å². The van der Waals surface area contributed by atoms with E-state index in [-0.39, 0.29) is 5.25 Å². The quantitative estimate of drug-likeness (QED) is 0.802. The zero-order valence-electron chi connectivity index (χ0n) is 9.36. The molecule has 0 amide bonds. The number of nitrogens with zero attached hydrogens (tertiary/aromatic N) is 1. The molecule has 0 bridgehead atoms. The summed E-state index contributed by atoms with van der Waals surface area (Å²) in [7, 11) is -2.82. The number of hydrogen-bond donors (Lipinski definition) is 2. The van der Waals surface area contributed by atoms with Crippen LogP contribution in [0.4, 0.5) is 0 Å². The van der Waals surface area contributed by atoms with Crippen LogP contribution in [0.25, 0.3) is 0 Å². The van der Waals surface area contributed by atoms with Gasteiger partial charge in [-0.05, 0) is 19.8 Å². The molecule has 90 valence electrons. The van der Waals surface area contributed by atoms with Crippen LogP contribution < -0.4 is 5.32 Å². The average molecular weight is 243 g/mol. The average Bonchev–Trinajstić information content (AvgIpc) is 2.75. The van der Waals surface area contributed by atoms with Gasteiger partial charge in [0.05, 0.1) is 17.2 Å². The number of aromatic nitrogens is 2. The van der Waals surface area contributed by atoms with Crippen LogP contribution in [-0.2, 0) is 16.4 Å². The van der Waals surface area contributed by atoms with Gasteiger partial charge in [0.25, 0.3) is 0 Å². The van der Waals surface area contributed by atoms with Gasteiger partial charge in [-0.1, -0.05) is 0 Å². The monoisotopic (exact) mass is 243 g/mol. The molecule has 1 aromatic heterocycles. The number of sulfone groups is 1. The van der Waals surface area contributed by atoms with E-state index < -0.39 is 9.84 Å². The van der Waals surface area contributed by atoms with Crippen molar-refractivity contribution < 1.29 is 8.42 Å². The van der Waals surface area contributed by atoms with E-state index in [1.54, 1.807) is 6.20 Å². The van der Waals surface area contributed by atoms with Crippen molar-refractivity contribution in [2.24, 2.45) is 0 Å². The van der Waals surface area contributed by atoms with E-state index in [1.807, 2.05) is 6.92 Å². The summed E-state index contributed by atoms with van der Waals surface area (Å²) in [5.41, 5.74) is 2.12. The first-order chi connectivity index (χ1) is 7.59. The summed E-state index contributed by atoms with van der Waals surface area (Å²) in [6.07, 6.45) is 3.37. The predicted molar refractivity (Wildman–Crippen MR) is 61.8 cm³/mol. The molecule has 6 heteroatoms. The lowest BCUT2D eigenvalue weighted by molar-refractivity contribution is 0.574. The molecule has 2 rings (SSSR count). The van der Waals surface area contributed by atoms with E-state index in [0.717, 1.165) is 24.1 Å². The third-order valence-corrected chi connectivity index (χ3v) is 5.36. The minimum absolute atomic E-state index is 0.195. The highest BCUT2D eigenvalue weighted by Crippen LogP contribution is 2.19. The second-order valence-electron chi connectivity index (χ2n) is 4.28. The molecular weight excluding hydrogens is 226 g/mol. The molecule has 0 radical (unpaired) electrons. The molecule has 5 nitrogen and oxygen atoms in total. The Labute approximate surface area is 95.6 Å². The fourth-order valence-corrected chi connectivity index (χ4v) is 3.81. The van der Waals surface area contributed by atoms with Crippen molar-refractivity contribution in [3.05, 3.63) is 17.5 Å².